The van der Waals surface area contributed by atoms with Crippen molar-refractivity contribution in [3.05, 3.63) is 36.8 Å². The molecule has 30 heavy (non-hydrogen) atoms. The van der Waals surface area contributed by atoms with Gasteiger partial charge in [-0.05, 0) is 37.9 Å². The van der Waals surface area contributed by atoms with Crippen molar-refractivity contribution in [2.24, 2.45) is 0 Å². The maximum absolute atomic E-state index is 14.2. The van der Waals surface area contributed by atoms with Crippen LogP contribution in [0.15, 0.2) is 36.8 Å². The van der Waals surface area contributed by atoms with Gasteiger partial charge in [0, 0.05) is 19.5 Å². The Morgan fingerprint density at radius 2 is 2.13 bits per heavy atom. The minimum absolute atomic E-state index is 0.0981. The molecule has 2 unspecified atom stereocenters. The van der Waals surface area contributed by atoms with Crippen molar-refractivity contribution in [1.82, 2.24) is 24.7 Å². The number of nitrogens with zero attached hydrogens (tertiary/aromatic N) is 5. The van der Waals surface area contributed by atoms with Gasteiger partial charge < -0.3 is 10.6 Å². The van der Waals surface area contributed by atoms with Gasteiger partial charge in [-0.3, -0.25) is 14.1 Å². The molecule has 2 fully saturated rings. The molecule has 2 aliphatic rings. The van der Waals surface area contributed by atoms with E-state index >= 15 is 0 Å². The van der Waals surface area contributed by atoms with Gasteiger partial charge in [0.15, 0.2) is 11.5 Å². The lowest BCUT2D eigenvalue weighted by atomic mass is 10.1. The fourth-order valence-electron chi connectivity index (χ4n) is 4.07. The number of rotatable bonds is 4. The molecular formula is C21H24FN7O. The summed E-state index contributed by atoms with van der Waals surface area (Å²) in [7, 11) is 0. The fraction of sp³-hybridized carbons (Fsp3) is 0.429. The van der Waals surface area contributed by atoms with E-state index in [0.717, 1.165) is 18.5 Å². The molecule has 2 N–H and O–H groups in total. The van der Waals surface area contributed by atoms with Crippen molar-refractivity contribution < 1.29 is 9.18 Å². The smallest absolute Gasteiger partial charge is 0.228 e. The highest BCUT2D eigenvalue weighted by Gasteiger charge is 2.25. The van der Waals surface area contributed by atoms with Crippen LogP contribution in [0.5, 0.6) is 0 Å². The molecule has 156 valence electrons. The topological polar surface area (TPSA) is 87.5 Å². The lowest BCUT2D eigenvalue weighted by molar-refractivity contribution is -0.119. The molecule has 9 heteroatoms. The third kappa shape index (κ3) is 3.60. The van der Waals surface area contributed by atoms with Gasteiger partial charge in [-0.1, -0.05) is 6.07 Å². The van der Waals surface area contributed by atoms with Crippen LogP contribution in [0, 0.1) is 0 Å². The predicted molar refractivity (Wildman–Crippen MR) is 112 cm³/mol. The van der Waals surface area contributed by atoms with Gasteiger partial charge in [0.05, 0.1) is 36.0 Å². The number of amides is 1. The molecule has 0 aliphatic carbocycles. The first kappa shape index (κ1) is 18.9. The number of halogens is 1. The number of alkyl halides is 1. The minimum Gasteiger partial charge on any atom is -0.363 e. The van der Waals surface area contributed by atoms with E-state index in [1.54, 1.807) is 17.3 Å². The first-order valence-corrected chi connectivity index (χ1v) is 10.4. The second kappa shape index (κ2) is 7.98. The van der Waals surface area contributed by atoms with Crippen LogP contribution in [0.25, 0.3) is 17.0 Å². The summed E-state index contributed by atoms with van der Waals surface area (Å²) in [4.78, 5) is 27.6. The average Bonchev–Trinajstić information content (AvgIpc) is 3.19. The van der Waals surface area contributed by atoms with Gasteiger partial charge >= 0.3 is 0 Å². The van der Waals surface area contributed by atoms with Gasteiger partial charge in [-0.2, -0.15) is 0 Å². The first-order chi connectivity index (χ1) is 14.7. The third-order valence-corrected chi connectivity index (χ3v) is 5.72. The van der Waals surface area contributed by atoms with Crippen molar-refractivity contribution >= 4 is 23.2 Å². The molecule has 2 aliphatic heterocycles. The van der Waals surface area contributed by atoms with Crippen LogP contribution < -0.4 is 15.5 Å². The number of piperidine rings is 2. The highest BCUT2D eigenvalue weighted by Crippen LogP contribution is 2.24. The third-order valence-electron chi connectivity index (χ3n) is 5.72. The summed E-state index contributed by atoms with van der Waals surface area (Å²) < 4.78 is 16.1. The lowest BCUT2D eigenvalue weighted by Gasteiger charge is -2.28. The maximum Gasteiger partial charge on any atom is 0.228 e. The van der Waals surface area contributed by atoms with Crippen LogP contribution in [-0.2, 0) is 4.79 Å². The molecule has 0 spiro atoms. The Morgan fingerprint density at radius 3 is 3.00 bits per heavy atom. The van der Waals surface area contributed by atoms with Gasteiger partial charge in [0.25, 0.3) is 0 Å². The summed E-state index contributed by atoms with van der Waals surface area (Å²) in [5, 5.41) is 6.42. The van der Waals surface area contributed by atoms with Crippen molar-refractivity contribution in [3.63, 3.8) is 0 Å². The number of carbonyl (C=O) groups is 1. The lowest BCUT2D eigenvalue weighted by Crippen LogP contribution is -2.46. The number of anilines is 2. The molecule has 0 radical (unpaired) electrons. The Bertz CT molecular complexity index is 1070. The van der Waals surface area contributed by atoms with Gasteiger partial charge in [0.1, 0.15) is 12.0 Å². The molecule has 3 aromatic heterocycles. The number of aromatic nitrogens is 4. The Morgan fingerprint density at radius 1 is 1.20 bits per heavy atom. The molecule has 2 saturated heterocycles. The zero-order valence-electron chi connectivity index (χ0n) is 16.6. The number of nitrogens with one attached hydrogen (secondary N) is 2. The average molecular weight is 409 g/mol. The molecule has 5 rings (SSSR count). The standard InChI is InChI=1S/C21H24FN7O/c22-14-7-8-23-10-16(14)27-18-5-3-4-15(26-18)17-11-24-19-12-25-20(13-29(17)19)28-9-2-1-6-21(28)30/h3-5,11-14,16,23H,1-2,6-10H2,(H,26,27). The van der Waals surface area contributed by atoms with Crippen LogP contribution in [0.3, 0.4) is 0 Å². The summed E-state index contributed by atoms with van der Waals surface area (Å²) in [5.74, 6) is 1.34. The van der Waals surface area contributed by atoms with E-state index in [0.29, 0.717) is 55.5 Å². The van der Waals surface area contributed by atoms with Crippen molar-refractivity contribution in [1.29, 1.82) is 0 Å². The Balaban J connectivity index is 1.45. The highest BCUT2D eigenvalue weighted by molar-refractivity contribution is 5.93. The molecule has 5 heterocycles. The number of imidazole rings is 1. The second-order valence-electron chi connectivity index (χ2n) is 7.79. The highest BCUT2D eigenvalue weighted by atomic mass is 19.1. The Labute approximate surface area is 173 Å². The van der Waals surface area contributed by atoms with Crippen molar-refractivity contribution in [3.8, 4) is 11.4 Å². The quantitative estimate of drug-likeness (QED) is 0.688. The summed E-state index contributed by atoms with van der Waals surface area (Å²) >= 11 is 0. The molecular weight excluding hydrogens is 385 g/mol. The number of hydrogen-bond acceptors (Lipinski definition) is 6. The van der Waals surface area contributed by atoms with Gasteiger partial charge in [-0.25, -0.2) is 19.3 Å². The summed E-state index contributed by atoms with van der Waals surface area (Å²) in [6.07, 6.45) is 7.30. The molecule has 8 nitrogen and oxygen atoms in total. The fourth-order valence-corrected chi connectivity index (χ4v) is 4.07. The van der Waals surface area contributed by atoms with E-state index < -0.39 is 6.17 Å². The summed E-state index contributed by atoms with van der Waals surface area (Å²) in [6, 6.07) is 5.33. The van der Waals surface area contributed by atoms with Crippen molar-refractivity contribution in [2.75, 3.05) is 29.9 Å². The Hall–Kier alpha value is -3.07. The molecule has 0 bridgehead atoms. The van der Waals surface area contributed by atoms with Crippen LogP contribution in [0.1, 0.15) is 25.7 Å². The van der Waals surface area contributed by atoms with Crippen LogP contribution in [-0.4, -0.2) is 57.1 Å². The molecule has 3 aromatic rings. The van der Waals surface area contributed by atoms with E-state index in [-0.39, 0.29) is 11.9 Å². The van der Waals surface area contributed by atoms with E-state index in [1.807, 2.05) is 28.8 Å². The number of fused-ring (bicyclic) bond motifs is 1. The Kier molecular flexibility index (Phi) is 5.04. The maximum atomic E-state index is 14.2. The van der Waals surface area contributed by atoms with Gasteiger partial charge in [-0.15, -0.1) is 0 Å². The molecule has 0 saturated carbocycles. The minimum atomic E-state index is -0.900. The number of carbonyl (C=O) groups excluding carboxylic acids is 1. The van der Waals surface area contributed by atoms with Crippen LogP contribution >= 0.6 is 0 Å². The number of hydrogen-bond donors (Lipinski definition) is 2. The van der Waals surface area contributed by atoms with Crippen LogP contribution in [0.2, 0.25) is 0 Å². The van der Waals surface area contributed by atoms with E-state index in [2.05, 4.69) is 25.6 Å². The molecule has 1 amide bonds. The zero-order valence-corrected chi connectivity index (χ0v) is 16.6. The van der Waals surface area contributed by atoms with E-state index in [4.69, 9.17) is 0 Å². The van der Waals surface area contributed by atoms with Crippen LogP contribution in [0.4, 0.5) is 16.0 Å². The summed E-state index contributed by atoms with van der Waals surface area (Å²) in [6.45, 7) is 1.95. The zero-order chi connectivity index (χ0) is 20.5. The second-order valence-corrected chi connectivity index (χ2v) is 7.79. The van der Waals surface area contributed by atoms with Crippen molar-refractivity contribution in [2.45, 2.75) is 37.9 Å². The normalized spacial score (nSPS) is 22.4. The molecule has 0 aromatic carbocycles. The van der Waals surface area contributed by atoms with E-state index in [1.165, 1.54) is 0 Å². The summed E-state index contributed by atoms with van der Waals surface area (Å²) in [5.41, 5.74) is 2.19. The van der Waals surface area contributed by atoms with Gasteiger partial charge in [0.2, 0.25) is 5.91 Å². The predicted octanol–water partition coefficient (Wildman–Crippen LogP) is 2.42. The number of pyridine rings is 1. The molecule has 2 atom stereocenters. The largest absolute Gasteiger partial charge is 0.363 e. The first-order valence-electron chi connectivity index (χ1n) is 10.4. The monoisotopic (exact) mass is 409 g/mol. The SMILES string of the molecule is O=C1CCCCN1c1cn2c(-c3cccc(NC4CNCCC4F)n3)cnc2cn1. The van der Waals surface area contributed by atoms with E-state index in [9.17, 15) is 9.18 Å².